The second-order valence-electron chi connectivity index (χ2n) is 5.94. The van der Waals surface area contributed by atoms with Crippen molar-refractivity contribution in [3.05, 3.63) is 30.1 Å². The number of aromatic nitrogens is 5. The third-order valence-corrected chi connectivity index (χ3v) is 4.28. The van der Waals surface area contributed by atoms with Crippen LogP contribution in [0, 0.1) is 0 Å². The van der Waals surface area contributed by atoms with Crippen molar-refractivity contribution in [3.63, 3.8) is 0 Å². The molecule has 8 heteroatoms. The molecule has 0 amide bonds. The van der Waals surface area contributed by atoms with Gasteiger partial charge in [0.05, 0.1) is 12.2 Å². The van der Waals surface area contributed by atoms with Crippen molar-refractivity contribution >= 4 is 5.97 Å². The van der Waals surface area contributed by atoms with Gasteiger partial charge in [0, 0.05) is 25.2 Å². The van der Waals surface area contributed by atoms with Gasteiger partial charge in [0.15, 0.2) is 0 Å². The third-order valence-electron chi connectivity index (χ3n) is 4.28. The number of hydrogen-bond acceptors (Lipinski definition) is 5. The summed E-state index contributed by atoms with van der Waals surface area (Å²) in [7, 11) is 0. The number of rotatable bonds is 6. The Morgan fingerprint density at radius 2 is 2.35 bits per heavy atom. The molecule has 3 heterocycles. The van der Waals surface area contributed by atoms with Gasteiger partial charge < -0.3 is 9.67 Å². The molecule has 2 aromatic heterocycles. The first-order chi connectivity index (χ1) is 11.2. The van der Waals surface area contributed by atoms with Crippen LogP contribution in [0.1, 0.15) is 37.2 Å². The van der Waals surface area contributed by atoms with Crippen molar-refractivity contribution in [2.75, 3.05) is 13.1 Å². The van der Waals surface area contributed by atoms with E-state index in [0.717, 1.165) is 50.5 Å². The molecule has 0 bridgehead atoms. The number of carboxylic acids is 1. The Hall–Kier alpha value is -2.22. The maximum absolute atomic E-state index is 10.8. The number of carbonyl (C=O) groups is 1. The van der Waals surface area contributed by atoms with Gasteiger partial charge in [-0.15, -0.1) is 10.2 Å². The number of nitrogens with zero attached hydrogens (tertiary/aromatic N) is 6. The molecule has 0 unspecified atom stereocenters. The number of likely N-dealkylation sites (tertiary alicyclic amines) is 1. The van der Waals surface area contributed by atoms with Crippen molar-refractivity contribution in [2.24, 2.45) is 0 Å². The first-order valence-corrected chi connectivity index (χ1v) is 8.00. The highest BCUT2D eigenvalue weighted by Crippen LogP contribution is 2.26. The zero-order valence-electron chi connectivity index (χ0n) is 13.3. The van der Waals surface area contributed by atoms with E-state index in [1.165, 1.54) is 4.68 Å². The second kappa shape index (κ2) is 6.91. The van der Waals surface area contributed by atoms with Gasteiger partial charge >= 0.3 is 5.97 Å². The molecule has 23 heavy (non-hydrogen) atoms. The molecule has 0 radical (unpaired) electrons. The maximum Gasteiger partial charge on any atom is 0.325 e. The number of hydrogen-bond donors (Lipinski definition) is 1. The average Bonchev–Trinajstić information content (AvgIpc) is 3.16. The van der Waals surface area contributed by atoms with E-state index < -0.39 is 5.97 Å². The Balaban J connectivity index is 1.64. The third kappa shape index (κ3) is 3.76. The summed E-state index contributed by atoms with van der Waals surface area (Å²) in [5.41, 5.74) is 0.980. The van der Waals surface area contributed by atoms with Crippen LogP contribution in [0.5, 0.6) is 0 Å². The van der Waals surface area contributed by atoms with Crippen LogP contribution in [-0.4, -0.2) is 53.6 Å². The quantitative estimate of drug-likeness (QED) is 0.853. The van der Waals surface area contributed by atoms with E-state index in [4.69, 9.17) is 5.11 Å². The lowest BCUT2D eigenvalue weighted by Crippen LogP contribution is -2.35. The minimum absolute atomic E-state index is 0.0873. The van der Waals surface area contributed by atoms with Crippen molar-refractivity contribution in [2.45, 2.75) is 45.3 Å². The number of carboxylic acid groups (broad SMARTS) is 1. The van der Waals surface area contributed by atoms with Gasteiger partial charge in [-0.3, -0.25) is 14.4 Å². The lowest BCUT2D eigenvalue weighted by atomic mass is 9.95. The van der Waals surface area contributed by atoms with Crippen LogP contribution in [0.2, 0.25) is 0 Å². The van der Waals surface area contributed by atoms with Crippen molar-refractivity contribution < 1.29 is 9.90 Å². The molecule has 8 nitrogen and oxygen atoms in total. The molecule has 124 valence electrons. The molecule has 1 N–H and O–H groups in total. The van der Waals surface area contributed by atoms with Crippen molar-refractivity contribution in [3.8, 4) is 0 Å². The summed E-state index contributed by atoms with van der Waals surface area (Å²) in [6.45, 7) is 5.62. The molecule has 0 saturated carbocycles. The predicted molar refractivity (Wildman–Crippen MR) is 82.8 cm³/mol. The number of aliphatic carboxylic acids is 1. The predicted octanol–water partition coefficient (Wildman–Crippen LogP) is 0.959. The van der Waals surface area contributed by atoms with Gasteiger partial charge in [0.25, 0.3) is 0 Å². The Kier molecular flexibility index (Phi) is 4.71. The zero-order valence-corrected chi connectivity index (χ0v) is 13.3. The van der Waals surface area contributed by atoms with E-state index in [2.05, 4.69) is 31.7 Å². The van der Waals surface area contributed by atoms with Crippen LogP contribution < -0.4 is 0 Å². The fourth-order valence-electron chi connectivity index (χ4n) is 3.13. The smallest absolute Gasteiger partial charge is 0.325 e. The molecule has 1 aliphatic heterocycles. The highest BCUT2D eigenvalue weighted by molar-refractivity contribution is 5.66. The molecule has 1 aliphatic rings. The molecular weight excluding hydrogens is 296 g/mol. The van der Waals surface area contributed by atoms with Crippen molar-refractivity contribution in [1.29, 1.82) is 0 Å². The molecule has 0 spiro atoms. The first-order valence-electron chi connectivity index (χ1n) is 8.00. The summed E-state index contributed by atoms with van der Waals surface area (Å²) in [5, 5.41) is 21.4. The van der Waals surface area contributed by atoms with Gasteiger partial charge in [0.2, 0.25) is 0 Å². The second-order valence-corrected chi connectivity index (χ2v) is 5.94. The van der Waals surface area contributed by atoms with Gasteiger partial charge in [-0.2, -0.15) is 5.10 Å². The Bertz CT molecular complexity index is 664. The Morgan fingerprint density at radius 3 is 3.13 bits per heavy atom. The van der Waals surface area contributed by atoms with Crippen LogP contribution in [0.15, 0.2) is 18.6 Å². The molecule has 2 aromatic rings. The summed E-state index contributed by atoms with van der Waals surface area (Å²) in [4.78, 5) is 13.1. The standard InChI is InChI=1S/C15H22N6O2/c1-2-20-11-16-17-14(20)9-19-6-3-4-12(8-19)13-5-7-21(18-13)10-15(22)23/h5,7,11-12H,2-4,6,8-10H2,1H3,(H,22,23)/t12-/m1/s1. The largest absolute Gasteiger partial charge is 0.480 e. The monoisotopic (exact) mass is 318 g/mol. The van der Waals surface area contributed by atoms with Crippen molar-refractivity contribution in [1.82, 2.24) is 29.4 Å². The average molecular weight is 318 g/mol. The summed E-state index contributed by atoms with van der Waals surface area (Å²) in [5.74, 6) is 0.463. The maximum atomic E-state index is 10.8. The highest BCUT2D eigenvalue weighted by atomic mass is 16.4. The minimum atomic E-state index is -0.871. The summed E-state index contributed by atoms with van der Waals surface area (Å²) in [6.07, 6.45) is 5.71. The number of aryl methyl sites for hydroxylation is 1. The van der Waals surface area contributed by atoms with Crippen LogP contribution in [0.25, 0.3) is 0 Å². The SMILES string of the molecule is CCn1cnnc1CN1CCC[C@@H](c2ccn(CC(=O)O)n2)C1. The molecule has 0 aliphatic carbocycles. The van der Waals surface area contributed by atoms with Gasteiger partial charge in [-0.05, 0) is 32.4 Å². The summed E-state index contributed by atoms with van der Waals surface area (Å²) >= 11 is 0. The zero-order chi connectivity index (χ0) is 16.2. The molecule has 1 fully saturated rings. The van der Waals surface area contributed by atoms with E-state index in [-0.39, 0.29) is 6.54 Å². The molecule has 0 aromatic carbocycles. The molecule has 1 atom stereocenters. The van der Waals surface area contributed by atoms with E-state index >= 15 is 0 Å². The van der Waals surface area contributed by atoms with Gasteiger partial charge in [0.1, 0.15) is 18.7 Å². The van der Waals surface area contributed by atoms with E-state index in [1.807, 2.05) is 6.07 Å². The van der Waals surface area contributed by atoms with E-state index in [9.17, 15) is 4.79 Å². The normalized spacial score (nSPS) is 19.1. The van der Waals surface area contributed by atoms with Gasteiger partial charge in [-0.1, -0.05) is 0 Å². The fraction of sp³-hybridized carbons (Fsp3) is 0.600. The summed E-state index contributed by atoms with van der Waals surface area (Å²) < 4.78 is 3.55. The Morgan fingerprint density at radius 1 is 1.48 bits per heavy atom. The summed E-state index contributed by atoms with van der Waals surface area (Å²) in [6, 6.07) is 1.94. The van der Waals surface area contributed by atoms with Crippen LogP contribution in [0.3, 0.4) is 0 Å². The molecular formula is C15H22N6O2. The van der Waals surface area contributed by atoms with E-state index in [0.29, 0.717) is 5.92 Å². The van der Waals surface area contributed by atoms with Crippen LogP contribution in [-0.2, 0) is 24.4 Å². The highest BCUT2D eigenvalue weighted by Gasteiger charge is 2.24. The molecule has 1 saturated heterocycles. The van der Waals surface area contributed by atoms with E-state index in [1.54, 1.807) is 12.5 Å². The lowest BCUT2D eigenvalue weighted by molar-refractivity contribution is -0.137. The topological polar surface area (TPSA) is 89.1 Å². The molecule has 3 rings (SSSR count). The number of piperidine rings is 1. The minimum Gasteiger partial charge on any atom is -0.480 e. The fourth-order valence-corrected chi connectivity index (χ4v) is 3.13. The van der Waals surface area contributed by atoms with Crippen LogP contribution in [0.4, 0.5) is 0 Å². The Labute approximate surface area is 134 Å². The lowest BCUT2D eigenvalue weighted by Gasteiger charge is -2.31. The first kappa shape index (κ1) is 15.7. The van der Waals surface area contributed by atoms with Crippen LogP contribution >= 0.6 is 0 Å². The van der Waals surface area contributed by atoms with Gasteiger partial charge in [-0.25, -0.2) is 0 Å².